The number of rotatable bonds is 3. The summed E-state index contributed by atoms with van der Waals surface area (Å²) < 4.78 is 43.8. The van der Waals surface area contributed by atoms with Crippen LogP contribution in [0.1, 0.15) is 33.1 Å². The Hall–Kier alpha value is -3.65. The van der Waals surface area contributed by atoms with E-state index < -0.39 is 24.1 Å². The molecule has 3 aromatic rings. The van der Waals surface area contributed by atoms with Gasteiger partial charge in [-0.2, -0.15) is 0 Å². The van der Waals surface area contributed by atoms with Gasteiger partial charge < -0.3 is 15.2 Å². The van der Waals surface area contributed by atoms with Gasteiger partial charge >= 0.3 is 18.3 Å². The Labute approximate surface area is 176 Å². The first-order valence-electron chi connectivity index (χ1n) is 9.22. The summed E-state index contributed by atoms with van der Waals surface area (Å²) in [7, 11) is 0. The molecular formula is C23H18F3NO4. The molecule has 1 aliphatic heterocycles. The summed E-state index contributed by atoms with van der Waals surface area (Å²) in [5.74, 6) is -2.22. The number of esters is 2. The van der Waals surface area contributed by atoms with E-state index in [4.69, 9.17) is 5.73 Å². The average Bonchev–Trinajstić information content (AvgIpc) is 2.74. The first-order valence-corrected chi connectivity index (χ1v) is 9.22. The average molecular weight is 429 g/mol. The molecule has 5 nitrogen and oxygen atoms in total. The Morgan fingerprint density at radius 2 is 1.42 bits per heavy atom. The standard InChI is InChI=1S/C13H13N.C10H5F3O4/c14-13(11-7-3-1-4-8-11)12-9-5-2-6-10-12;11-10(12,13)17-6-2-1-5-3-8(14)16-9(15)7(5)4-6/h1-10,13H,14H2;1-2,4H,3H2. The van der Waals surface area contributed by atoms with Crippen LogP contribution in [0.5, 0.6) is 5.75 Å². The van der Waals surface area contributed by atoms with Crippen LogP contribution in [-0.4, -0.2) is 18.3 Å². The van der Waals surface area contributed by atoms with Crippen molar-refractivity contribution < 1.29 is 32.2 Å². The molecule has 0 fully saturated rings. The Bertz CT molecular complexity index is 1010. The maximum absolute atomic E-state index is 11.9. The minimum Gasteiger partial charge on any atom is -0.406 e. The van der Waals surface area contributed by atoms with Crippen LogP contribution in [0.4, 0.5) is 13.2 Å². The fourth-order valence-corrected chi connectivity index (χ4v) is 2.96. The van der Waals surface area contributed by atoms with E-state index >= 15 is 0 Å². The minimum atomic E-state index is -4.83. The second kappa shape index (κ2) is 9.44. The molecule has 31 heavy (non-hydrogen) atoms. The number of hydrogen-bond donors (Lipinski definition) is 1. The van der Waals surface area contributed by atoms with Crippen molar-refractivity contribution in [2.45, 2.75) is 18.8 Å². The van der Waals surface area contributed by atoms with Gasteiger partial charge in [0, 0.05) is 0 Å². The van der Waals surface area contributed by atoms with Gasteiger partial charge in [-0.05, 0) is 28.8 Å². The monoisotopic (exact) mass is 429 g/mol. The Kier molecular flexibility index (Phi) is 6.71. The lowest BCUT2D eigenvalue weighted by atomic mass is 10.00. The predicted octanol–water partition coefficient (Wildman–Crippen LogP) is 4.56. The summed E-state index contributed by atoms with van der Waals surface area (Å²) in [5.41, 5.74) is 8.65. The topological polar surface area (TPSA) is 78.6 Å². The van der Waals surface area contributed by atoms with Crippen molar-refractivity contribution in [3.8, 4) is 5.75 Å². The number of cyclic esters (lactones) is 2. The van der Waals surface area contributed by atoms with Crippen LogP contribution in [0.2, 0.25) is 0 Å². The molecule has 0 aliphatic carbocycles. The fraction of sp³-hybridized carbons (Fsp3) is 0.130. The van der Waals surface area contributed by atoms with Gasteiger partial charge in [-0.15, -0.1) is 13.2 Å². The summed E-state index contributed by atoms with van der Waals surface area (Å²) in [6.07, 6.45) is -4.98. The Morgan fingerprint density at radius 3 is 1.94 bits per heavy atom. The molecule has 1 aliphatic rings. The van der Waals surface area contributed by atoms with Crippen molar-refractivity contribution >= 4 is 11.9 Å². The maximum Gasteiger partial charge on any atom is 0.573 e. The van der Waals surface area contributed by atoms with Gasteiger partial charge in [-0.3, -0.25) is 4.79 Å². The highest BCUT2D eigenvalue weighted by atomic mass is 19.4. The molecule has 4 rings (SSSR count). The first-order chi connectivity index (χ1) is 14.7. The molecule has 0 atom stereocenters. The molecule has 0 amide bonds. The van der Waals surface area contributed by atoms with Gasteiger partial charge in [0.25, 0.3) is 0 Å². The second-order valence-corrected chi connectivity index (χ2v) is 6.60. The van der Waals surface area contributed by atoms with Crippen LogP contribution in [0.3, 0.4) is 0 Å². The molecule has 0 bridgehead atoms. The van der Waals surface area contributed by atoms with E-state index in [-0.39, 0.29) is 18.0 Å². The predicted molar refractivity (Wildman–Crippen MR) is 106 cm³/mol. The van der Waals surface area contributed by atoms with Gasteiger partial charge in [0.05, 0.1) is 18.0 Å². The lowest BCUT2D eigenvalue weighted by molar-refractivity contribution is -0.274. The van der Waals surface area contributed by atoms with E-state index in [1.54, 1.807) is 0 Å². The number of alkyl halides is 3. The molecule has 8 heteroatoms. The summed E-state index contributed by atoms with van der Waals surface area (Å²) in [4.78, 5) is 22.1. The van der Waals surface area contributed by atoms with Crippen LogP contribution < -0.4 is 10.5 Å². The molecule has 2 N–H and O–H groups in total. The minimum absolute atomic E-state index is 0.0163. The van der Waals surface area contributed by atoms with Gasteiger partial charge in [-0.1, -0.05) is 66.7 Å². The van der Waals surface area contributed by atoms with Crippen LogP contribution in [0, 0.1) is 0 Å². The quantitative estimate of drug-likeness (QED) is 0.488. The van der Waals surface area contributed by atoms with E-state index in [0.717, 1.165) is 23.3 Å². The summed E-state index contributed by atoms with van der Waals surface area (Å²) in [6, 6.07) is 23.4. The van der Waals surface area contributed by atoms with Crippen LogP contribution in [0.25, 0.3) is 0 Å². The lowest BCUT2D eigenvalue weighted by Crippen LogP contribution is -2.23. The normalized spacial score (nSPS) is 13.1. The molecule has 0 unspecified atom stereocenters. The molecule has 160 valence electrons. The van der Waals surface area contributed by atoms with E-state index in [2.05, 4.69) is 33.7 Å². The van der Waals surface area contributed by atoms with Crippen LogP contribution in [-0.2, 0) is 16.0 Å². The van der Waals surface area contributed by atoms with Crippen LogP contribution >= 0.6 is 0 Å². The molecule has 3 aromatic carbocycles. The molecule has 0 radical (unpaired) electrons. The first kappa shape index (κ1) is 22.0. The lowest BCUT2D eigenvalue weighted by Gasteiger charge is -2.15. The van der Waals surface area contributed by atoms with Crippen molar-refractivity contribution in [1.82, 2.24) is 0 Å². The number of fused-ring (bicyclic) bond motifs is 1. The third-order valence-corrected chi connectivity index (χ3v) is 4.39. The zero-order valence-electron chi connectivity index (χ0n) is 16.1. The van der Waals surface area contributed by atoms with Crippen molar-refractivity contribution in [2.75, 3.05) is 0 Å². The van der Waals surface area contributed by atoms with Gasteiger partial charge in [0.1, 0.15) is 5.75 Å². The number of benzene rings is 3. The molecule has 0 saturated carbocycles. The van der Waals surface area contributed by atoms with Gasteiger partial charge in [-0.25, -0.2) is 4.79 Å². The smallest absolute Gasteiger partial charge is 0.406 e. The van der Waals surface area contributed by atoms with Crippen molar-refractivity contribution in [3.05, 3.63) is 101 Å². The zero-order chi connectivity index (χ0) is 22.4. The van der Waals surface area contributed by atoms with Crippen molar-refractivity contribution in [3.63, 3.8) is 0 Å². The Morgan fingerprint density at radius 1 is 0.871 bits per heavy atom. The van der Waals surface area contributed by atoms with Crippen molar-refractivity contribution in [2.24, 2.45) is 5.73 Å². The number of nitrogens with two attached hydrogens (primary N) is 1. The highest BCUT2D eigenvalue weighted by Gasteiger charge is 2.32. The largest absolute Gasteiger partial charge is 0.573 e. The molecular weight excluding hydrogens is 411 g/mol. The van der Waals surface area contributed by atoms with Crippen molar-refractivity contribution in [1.29, 1.82) is 0 Å². The molecule has 0 aromatic heterocycles. The van der Waals surface area contributed by atoms with Crippen LogP contribution in [0.15, 0.2) is 78.9 Å². The second-order valence-electron chi connectivity index (χ2n) is 6.60. The van der Waals surface area contributed by atoms with E-state index in [1.807, 2.05) is 36.4 Å². The number of ether oxygens (including phenoxy) is 2. The highest BCUT2D eigenvalue weighted by Crippen LogP contribution is 2.27. The third-order valence-electron chi connectivity index (χ3n) is 4.39. The third kappa shape index (κ3) is 6.16. The SMILES string of the molecule is NC(c1ccccc1)c1ccccc1.O=C1Cc2ccc(OC(F)(F)F)cc2C(=O)O1. The summed E-state index contributed by atoms with van der Waals surface area (Å²) in [5, 5.41) is 0. The van der Waals surface area contributed by atoms with Gasteiger partial charge in [0.15, 0.2) is 0 Å². The molecule has 0 saturated heterocycles. The molecule has 1 heterocycles. The maximum atomic E-state index is 11.9. The van der Waals surface area contributed by atoms with E-state index in [0.29, 0.717) is 5.56 Å². The van der Waals surface area contributed by atoms with E-state index in [9.17, 15) is 22.8 Å². The fourth-order valence-electron chi connectivity index (χ4n) is 2.96. The Balaban J connectivity index is 0.000000179. The van der Waals surface area contributed by atoms with E-state index in [1.165, 1.54) is 6.07 Å². The highest BCUT2D eigenvalue weighted by molar-refractivity contribution is 6.02. The summed E-state index contributed by atoms with van der Waals surface area (Å²) >= 11 is 0. The number of halogens is 3. The summed E-state index contributed by atoms with van der Waals surface area (Å²) in [6.45, 7) is 0. The number of hydrogen-bond acceptors (Lipinski definition) is 5. The zero-order valence-corrected chi connectivity index (χ0v) is 16.1. The number of carbonyl (C=O) groups is 2. The molecule has 0 spiro atoms. The number of carbonyl (C=O) groups excluding carboxylic acids is 2. The van der Waals surface area contributed by atoms with Gasteiger partial charge in [0.2, 0.25) is 0 Å².